The van der Waals surface area contributed by atoms with Crippen LogP contribution in [0.4, 0.5) is 13.2 Å². The minimum absolute atomic E-state index is 0.160. The number of alkyl halides is 3. The quantitative estimate of drug-likeness (QED) is 0.360. The van der Waals surface area contributed by atoms with Crippen LogP contribution in [-0.2, 0) is 10.1 Å². The van der Waals surface area contributed by atoms with Crippen LogP contribution in [-0.4, -0.2) is 28.1 Å². The molecule has 0 N–H and O–H groups in total. The zero-order chi connectivity index (χ0) is 19.3. The highest BCUT2D eigenvalue weighted by molar-refractivity contribution is 7.88. The molecular weight excluding hydrogens is 361 g/mol. The fraction of sp³-hybridized carbons (Fsp3) is 0.500. The van der Waals surface area contributed by atoms with E-state index >= 15 is 0 Å². The number of halogens is 3. The highest BCUT2D eigenvalue weighted by atomic mass is 32.2. The van der Waals surface area contributed by atoms with Crippen molar-refractivity contribution in [3.05, 3.63) is 30.4 Å². The van der Waals surface area contributed by atoms with E-state index in [-0.39, 0.29) is 17.4 Å². The van der Waals surface area contributed by atoms with Crippen LogP contribution >= 0.6 is 0 Å². The number of hydrogen-bond donors (Lipinski definition) is 0. The predicted molar refractivity (Wildman–Crippen MR) is 87.6 cm³/mol. The molecule has 0 aliphatic rings. The molecule has 0 aliphatic heterocycles. The second kappa shape index (κ2) is 8.46. The van der Waals surface area contributed by atoms with E-state index in [1.54, 1.807) is 6.08 Å². The highest BCUT2D eigenvalue weighted by Gasteiger charge is 2.48. The van der Waals surface area contributed by atoms with E-state index in [1.807, 2.05) is 6.92 Å². The molecule has 0 aliphatic carbocycles. The van der Waals surface area contributed by atoms with Crippen LogP contribution in [0.3, 0.4) is 0 Å². The average molecular weight is 382 g/mol. The number of benzene rings is 1. The van der Waals surface area contributed by atoms with Gasteiger partial charge in [0, 0.05) is 23.6 Å². The molecule has 0 amide bonds. The van der Waals surface area contributed by atoms with Gasteiger partial charge in [0.1, 0.15) is 17.2 Å². The van der Waals surface area contributed by atoms with E-state index in [2.05, 4.69) is 10.8 Å². The average Bonchev–Trinajstić information content (AvgIpc) is 2.54. The van der Waals surface area contributed by atoms with Crippen molar-refractivity contribution in [2.75, 3.05) is 14.2 Å². The van der Waals surface area contributed by atoms with Gasteiger partial charge in [0.05, 0.1) is 14.2 Å². The molecule has 0 radical (unpaired) electrons. The van der Waals surface area contributed by atoms with Crippen molar-refractivity contribution in [1.82, 2.24) is 0 Å². The van der Waals surface area contributed by atoms with Crippen LogP contribution in [0.25, 0.3) is 0 Å². The molecule has 25 heavy (non-hydrogen) atoms. The van der Waals surface area contributed by atoms with Gasteiger partial charge < -0.3 is 13.7 Å². The highest BCUT2D eigenvalue weighted by Crippen LogP contribution is 2.42. The fourth-order valence-corrected chi connectivity index (χ4v) is 2.75. The van der Waals surface area contributed by atoms with E-state index in [9.17, 15) is 21.6 Å². The van der Waals surface area contributed by atoms with Crippen molar-refractivity contribution in [3.63, 3.8) is 0 Å². The lowest BCUT2D eigenvalue weighted by Crippen LogP contribution is -2.28. The van der Waals surface area contributed by atoms with E-state index in [1.165, 1.54) is 14.2 Å². The summed E-state index contributed by atoms with van der Waals surface area (Å²) in [7, 11) is -3.15. The van der Waals surface area contributed by atoms with Crippen molar-refractivity contribution in [2.24, 2.45) is 0 Å². The van der Waals surface area contributed by atoms with Crippen molar-refractivity contribution in [3.8, 4) is 17.2 Å². The molecule has 0 spiro atoms. The number of methoxy groups -OCH3 is 2. The summed E-state index contributed by atoms with van der Waals surface area (Å²) < 4.78 is 74.5. The third kappa shape index (κ3) is 5.04. The van der Waals surface area contributed by atoms with Gasteiger partial charge in [-0.05, 0) is 6.42 Å². The van der Waals surface area contributed by atoms with Crippen molar-refractivity contribution in [2.45, 2.75) is 37.6 Å². The first-order valence-corrected chi connectivity index (χ1v) is 8.91. The Bertz CT molecular complexity index is 673. The molecule has 1 atom stereocenters. The molecule has 1 rings (SSSR count). The monoisotopic (exact) mass is 382 g/mol. The van der Waals surface area contributed by atoms with Crippen LogP contribution in [0.5, 0.6) is 17.2 Å². The van der Waals surface area contributed by atoms with E-state index in [0.29, 0.717) is 5.56 Å². The Morgan fingerprint density at radius 1 is 1.20 bits per heavy atom. The second-order valence-corrected chi connectivity index (χ2v) is 6.75. The summed E-state index contributed by atoms with van der Waals surface area (Å²) in [6.45, 7) is 5.79. The molecule has 0 saturated carbocycles. The van der Waals surface area contributed by atoms with Crippen LogP contribution in [0.1, 0.15) is 37.7 Å². The maximum Gasteiger partial charge on any atom is 0.534 e. The summed E-state index contributed by atoms with van der Waals surface area (Å²) in [6.07, 6.45) is 4.25. The Morgan fingerprint density at radius 2 is 1.72 bits per heavy atom. The summed E-state index contributed by atoms with van der Waals surface area (Å²) >= 11 is 0. The van der Waals surface area contributed by atoms with Crippen molar-refractivity contribution < 1.29 is 35.2 Å². The minimum atomic E-state index is -5.78. The van der Waals surface area contributed by atoms with E-state index in [4.69, 9.17) is 9.47 Å². The molecule has 142 valence electrons. The lowest BCUT2D eigenvalue weighted by molar-refractivity contribution is -0.0500. The Kier molecular flexibility index (Phi) is 7.16. The first kappa shape index (κ1) is 21.1. The zero-order valence-electron chi connectivity index (χ0n) is 14.2. The summed E-state index contributed by atoms with van der Waals surface area (Å²) in [6, 6.07) is 2.17. The van der Waals surface area contributed by atoms with E-state index in [0.717, 1.165) is 31.4 Å². The molecular formula is C16H21F3O5S. The normalized spacial score (nSPS) is 13.2. The molecule has 1 aromatic carbocycles. The van der Waals surface area contributed by atoms with Gasteiger partial charge in [-0.3, -0.25) is 0 Å². The topological polar surface area (TPSA) is 61.8 Å². The Morgan fingerprint density at radius 3 is 2.08 bits per heavy atom. The summed E-state index contributed by atoms with van der Waals surface area (Å²) in [5.74, 6) is -0.397. The number of allylic oxidation sites excluding steroid dienone is 1. The lowest BCUT2D eigenvalue weighted by Gasteiger charge is -2.21. The van der Waals surface area contributed by atoms with Crippen molar-refractivity contribution >= 4 is 10.1 Å². The molecule has 5 nitrogen and oxygen atoms in total. The molecule has 0 bridgehead atoms. The summed E-state index contributed by atoms with van der Waals surface area (Å²) in [5, 5.41) is 0. The summed E-state index contributed by atoms with van der Waals surface area (Å²) in [4.78, 5) is 0. The largest absolute Gasteiger partial charge is 0.534 e. The van der Waals surface area contributed by atoms with Gasteiger partial charge in [-0.1, -0.05) is 25.8 Å². The Hall–Kier alpha value is -1.90. The van der Waals surface area contributed by atoms with Gasteiger partial charge in [0.15, 0.2) is 0 Å². The lowest BCUT2D eigenvalue weighted by atomic mass is 9.92. The molecule has 1 aromatic rings. The number of rotatable bonds is 9. The number of hydrogen-bond acceptors (Lipinski definition) is 5. The molecule has 0 aromatic heterocycles. The van der Waals surface area contributed by atoms with Crippen LogP contribution in [0, 0.1) is 0 Å². The SMILES string of the molecule is C=C[C@H](CCCC)c1c(OC)cc(OS(=O)(=O)C(F)(F)F)cc1OC. The first-order valence-electron chi connectivity index (χ1n) is 7.50. The van der Waals surface area contributed by atoms with Crippen LogP contribution in [0.15, 0.2) is 24.8 Å². The number of unbranched alkanes of at least 4 members (excludes halogenated alkanes) is 1. The van der Waals surface area contributed by atoms with Gasteiger partial charge in [0.25, 0.3) is 0 Å². The maximum atomic E-state index is 12.5. The van der Waals surface area contributed by atoms with Crippen LogP contribution in [0.2, 0.25) is 0 Å². The molecule has 0 heterocycles. The summed E-state index contributed by atoms with van der Waals surface area (Å²) in [5.41, 5.74) is -4.96. The van der Waals surface area contributed by atoms with Gasteiger partial charge >= 0.3 is 15.6 Å². The third-order valence-corrected chi connectivity index (χ3v) is 4.51. The Balaban J connectivity index is 3.38. The smallest absolute Gasteiger partial charge is 0.496 e. The minimum Gasteiger partial charge on any atom is -0.496 e. The molecule has 0 saturated heterocycles. The fourth-order valence-electron chi connectivity index (χ4n) is 2.31. The van der Waals surface area contributed by atoms with E-state index < -0.39 is 21.4 Å². The standard InChI is InChI=1S/C16H21F3O5S/c1-5-7-8-11(6-2)15-13(22-3)9-12(10-14(15)23-4)24-25(20,21)16(17,18)19/h6,9-11H,2,5,7-8H2,1,3-4H3/t11-/m1/s1. The molecule has 9 heteroatoms. The molecule has 0 unspecified atom stereocenters. The first-order chi connectivity index (χ1) is 11.6. The van der Waals surface area contributed by atoms with Crippen molar-refractivity contribution in [1.29, 1.82) is 0 Å². The Labute approximate surface area is 145 Å². The zero-order valence-corrected chi connectivity index (χ0v) is 15.0. The van der Waals surface area contributed by atoms with Gasteiger partial charge in [-0.2, -0.15) is 21.6 Å². The van der Waals surface area contributed by atoms with Crippen LogP contribution < -0.4 is 13.7 Å². The molecule has 0 fully saturated rings. The van der Waals surface area contributed by atoms with Gasteiger partial charge in [-0.25, -0.2) is 0 Å². The van der Waals surface area contributed by atoms with Gasteiger partial charge in [0.2, 0.25) is 0 Å². The maximum absolute atomic E-state index is 12.5. The number of ether oxygens (including phenoxy) is 2. The second-order valence-electron chi connectivity index (χ2n) is 5.21. The van der Waals surface area contributed by atoms with Gasteiger partial charge in [-0.15, -0.1) is 6.58 Å². The third-order valence-electron chi connectivity index (χ3n) is 3.53. The predicted octanol–water partition coefficient (Wildman–Crippen LogP) is 4.39.